The molecule has 0 saturated carbocycles. The third-order valence-corrected chi connectivity index (χ3v) is 4.02. The Labute approximate surface area is 162 Å². The van der Waals surface area contributed by atoms with Gasteiger partial charge in [0.2, 0.25) is 0 Å². The van der Waals surface area contributed by atoms with Crippen molar-refractivity contribution in [3.05, 3.63) is 64.4 Å². The fourth-order valence-corrected chi connectivity index (χ4v) is 2.55. The summed E-state index contributed by atoms with van der Waals surface area (Å²) in [5, 5.41) is 3.25. The smallest absolute Gasteiger partial charge is 0.344 e. The first kappa shape index (κ1) is 20.7. The standard InChI is InChI=1S/C20H21ClFNO4/c1-13-11-16(21)5-8-18(13)26-12-19(24)27-14(2)20(25)23-10-9-15-3-6-17(22)7-4-15/h3-8,11,14H,9-10,12H2,1-2H3,(H,23,25). The predicted molar refractivity (Wildman–Crippen MR) is 100 cm³/mol. The maximum Gasteiger partial charge on any atom is 0.344 e. The van der Waals surface area contributed by atoms with Gasteiger partial charge in [0.15, 0.2) is 12.7 Å². The first-order valence-corrected chi connectivity index (χ1v) is 8.83. The number of benzene rings is 2. The van der Waals surface area contributed by atoms with Gasteiger partial charge in [0.1, 0.15) is 11.6 Å². The van der Waals surface area contributed by atoms with Crippen LogP contribution < -0.4 is 10.1 Å². The maximum atomic E-state index is 12.8. The van der Waals surface area contributed by atoms with Crippen LogP contribution in [0.2, 0.25) is 5.02 Å². The molecule has 2 rings (SSSR count). The Balaban J connectivity index is 1.71. The molecule has 0 spiro atoms. The minimum Gasteiger partial charge on any atom is -0.482 e. The number of ether oxygens (including phenoxy) is 2. The largest absolute Gasteiger partial charge is 0.482 e. The molecule has 5 nitrogen and oxygen atoms in total. The summed E-state index contributed by atoms with van der Waals surface area (Å²) in [5.74, 6) is -0.842. The average Bonchev–Trinajstić information content (AvgIpc) is 2.62. The number of nitrogens with one attached hydrogen (secondary N) is 1. The van der Waals surface area contributed by atoms with Crippen molar-refractivity contribution >= 4 is 23.5 Å². The monoisotopic (exact) mass is 393 g/mol. The summed E-state index contributed by atoms with van der Waals surface area (Å²) in [6, 6.07) is 11.1. The van der Waals surface area contributed by atoms with Crippen molar-refractivity contribution in [2.75, 3.05) is 13.2 Å². The van der Waals surface area contributed by atoms with Crippen LogP contribution in [-0.4, -0.2) is 31.1 Å². The van der Waals surface area contributed by atoms with E-state index in [1.54, 1.807) is 30.3 Å². The summed E-state index contributed by atoms with van der Waals surface area (Å²) in [4.78, 5) is 23.8. The van der Waals surface area contributed by atoms with Gasteiger partial charge in [0.25, 0.3) is 5.91 Å². The maximum absolute atomic E-state index is 12.8. The molecule has 0 aliphatic heterocycles. The van der Waals surface area contributed by atoms with Crippen LogP contribution in [0.5, 0.6) is 5.75 Å². The van der Waals surface area contributed by atoms with E-state index in [2.05, 4.69) is 5.32 Å². The highest BCUT2D eigenvalue weighted by Gasteiger charge is 2.18. The number of hydrogen-bond donors (Lipinski definition) is 1. The lowest BCUT2D eigenvalue weighted by Crippen LogP contribution is -2.37. The molecule has 1 amide bonds. The quantitative estimate of drug-likeness (QED) is 0.697. The van der Waals surface area contributed by atoms with E-state index in [4.69, 9.17) is 21.1 Å². The van der Waals surface area contributed by atoms with Gasteiger partial charge in [-0.3, -0.25) is 4.79 Å². The van der Waals surface area contributed by atoms with Crippen molar-refractivity contribution in [1.29, 1.82) is 0 Å². The van der Waals surface area contributed by atoms with Crippen LogP contribution in [0.3, 0.4) is 0 Å². The van der Waals surface area contributed by atoms with E-state index in [1.165, 1.54) is 19.1 Å². The van der Waals surface area contributed by atoms with Crippen LogP contribution in [0.15, 0.2) is 42.5 Å². The van der Waals surface area contributed by atoms with Crippen LogP contribution in [0.25, 0.3) is 0 Å². The average molecular weight is 394 g/mol. The van der Waals surface area contributed by atoms with Crippen molar-refractivity contribution in [3.8, 4) is 5.75 Å². The predicted octanol–water partition coefficient (Wildman–Crippen LogP) is 3.46. The lowest BCUT2D eigenvalue weighted by molar-refractivity contribution is -0.156. The number of esters is 1. The van der Waals surface area contributed by atoms with Crippen LogP contribution in [0, 0.1) is 12.7 Å². The lowest BCUT2D eigenvalue weighted by atomic mass is 10.1. The summed E-state index contributed by atoms with van der Waals surface area (Å²) in [5.41, 5.74) is 1.69. The van der Waals surface area contributed by atoms with E-state index in [-0.39, 0.29) is 12.4 Å². The molecule has 1 unspecified atom stereocenters. The number of carbonyl (C=O) groups is 2. The van der Waals surface area contributed by atoms with E-state index in [9.17, 15) is 14.0 Å². The summed E-state index contributed by atoms with van der Waals surface area (Å²) in [6.45, 7) is 3.34. The van der Waals surface area contributed by atoms with Crippen molar-refractivity contribution < 1.29 is 23.5 Å². The number of halogens is 2. The Bertz CT molecular complexity index is 795. The van der Waals surface area contributed by atoms with Crippen molar-refractivity contribution in [2.24, 2.45) is 0 Å². The minimum atomic E-state index is -0.944. The van der Waals surface area contributed by atoms with Crippen LogP contribution >= 0.6 is 11.6 Å². The van der Waals surface area contributed by atoms with Crippen molar-refractivity contribution in [2.45, 2.75) is 26.4 Å². The second-order valence-electron chi connectivity index (χ2n) is 6.00. The molecule has 144 valence electrons. The molecule has 7 heteroatoms. The molecule has 0 fully saturated rings. The van der Waals surface area contributed by atoms with Crippen molar-refractivity contribution in [3.63, 3.8) is 0 Å². The Hall–Kier alpha value is -2.60. The molecule has 0 aromatic heterocycles. The zero-order chi connectivity index (χ0) is 19.8. The first-order chi connectivity index (χ1) is 12.8. The zero-order valence-corrected chi connectivity index (χ0v) is 15.9. The van der Waals surface area contributed by atoms with Gasteiger partial charge in [0.05, 0.1) is 0 Å². The number of hydrogen-bond acceptors (Lipinski definition) is 4. The Morgan fingerprint density at radius 1 is 1.19 bits per heavy atom. The van der Waals surface area contributed by atoms with Gasteiger partial charge in [-0.15, -0.1) is 0 Å². The van der Waals surface area contributed by atoms with Crippen LogP contribution in [0.4, 0.5) is 4.39 Å². The van der Waals surface area contributed by atoms with Crippen LogP contribution in [-0.2, 0) is 20.7 Å². The molecule has 27 heavy (non-hydrogen) atoms. The summed E-state index contributed by atoms with van der Waals surface area (Å²) in [7, 11) is 0. The fraction of sp³-hybridized carbons (Fsp3) is 0.300. The van der Waals surface area contributed by atoms with Gasteiger partial charge >= 0.3 is 5.97 Å². The molecule has 2 aromatic rings. The molecule has 0 saturated heterocycles. The highest BCUT2D eigenvalue weighted by atomic mass is 35.5. The highest BCUT2D eigenvalue weighted by Crippen LogP contribution is 2.21. The second kappa shape index (κ2) is 9.92. The first-order valence-electron chi connectivity index (χ1n) is 8.45. The molecular weight excluding hydrogens is 373 g/mol. The van der Waals surface area contributed by atoms with Crippen molar-refractivity contribution in [1.82, 2.24) is 5.32 Å². The normalized spacial score (nSPS) is 11.6. The molecule has 1 atom stereocenters. The highest BCUT2D eigenvalue weighted by molar-refractivity contribution is 6.30. The number of rotatable bonds is 8. The molecule has 0 aliphatic carbocycles. The van der Waals surface area contributed by atoms with Gasteiger partial charge in [-0.2, -0.15) is 0 Å². The third-order valence-electron chi connectivity index (χ3n) is 3.79. The summed E-state index contributed by atoms with van der Waals surface area (Å²) >= 11 is 5.86. The lowest BCUT2D eigenvalue weighted by Gasteiger charge is -2.14. The van der Waals surface area contributed by atoms with E-state index in [1.807, 2.05) is 6.92 Å². The van der Waals surface area contributed by atoms with Gasteiger partial charge in [-0.25, -0.2) is 9.18 Å². The van der Waals surface area contributed by atoms with Gasteiger partial charge in [-0.05, 0) is 61.7 Å². The van der Waals surface area contributed by atoms with E-state index in [0.717, 1.165) is 11.1 Å². The number of aryl methyl sites for hydroxylation is 1. The zero-order valence-electron chi connectivity index (χ0n) is 15.1. The van der Waals surface area contributed by atoms with Crippen LogP contribution in [0.1, 0.15) is 18.1 Å². The number of carbonyl (C=O) groups excluding carboxylic acids is 2. The van der Waals surface area contributed by atoms with E-state index in [0.29, 0.717) is 23.7 Å². The summed E-state index contributed by atoms with van der Waals surface area (Å²) < 4.78 is 23.3. The Morgan fingerprint density at radius 3 is 2.56 bits per heavy atom. The fourth-order valence-electron chi connectivity index (χ4n) is 2.32. The second-order valence-corrected chi connectivity index (χ2v) is 6.43. The van der Waals surface area contributed by atoms with Gasteiger partial charge < -0.3 is 14.8 Å². The number of amides is 1. The molecular formula is C20H21ClFNO4. The Kier molecular flexibility index (Phi) is 7.61. The minimum absolute atomic E-state index is 0.306. The molecule has 2 aromatic carbocycles. The van der Waals surface area contributed by atoms with Gasteiger partial charge in [0, 0.05) is 11.6 Å². The van der Waals surface area contributed by atoms with E-state index >= 15 is 0 Å². The molecule has 0 heterocycles. The SMILES string of the molecule is Cc1cc(Cl)ccc1OCC(=O)OC(C)C(=O)NCCc1ccc(F)cc1. The topological polar surface area (TPSA) is 64.6 Å². The Morgan fingerprint density at radius 2 is 1.89 bits per heavy atom. The molecule has 0 radical (unpaired) electrons. The molecule has 0 bridgehead atoms. The molecule has 1 N–H and O–H groups in total. The third kappa shape index (κ3) is 6.90. The molecule has 0 aliphatic rings. The van der Waals surface area contributed by atoms with E-state index < -0.39 is 18.0 Å². The summed E-state index contributed by atoms with van der Waals surface area (Å²) in [6.07, 6.45) is -0.397. The van der Waals surface area contributed by atoms with Gasteiger partial charge in [-0.1, -0.05) is 23.7 Å².